The normalized spacial score (nSPS) is 8.00. The van der Waals surface area contributed by atoms with E-state index in [1.165, 1.54) is 12.3 Å². The Labute approximate surface area is 71.6 Å². The maximum atomic E-state index is 10.3. The van der Waals surface area contributed by atoms with Crippen LogP contribution >= 0.6 is 12.4 Å². The van der Waals surface area contributed by atoms with E-state index >= 15 is 0 Å². The second-order valence-corrected chi connectivity index (χ2v) is 4.22. The van der Waals surface area contributed by atoms with Gasteiger partial charge in [0.15, 0.2) is 0 Å². The molecule has 0 unspecified atom stereocenters. The fourth-order valence-electron chi connectivity index (χ4n) is 0.462. The van der Waals surface area contributed by atoms with Crippen LogP contribution in [0, 0.1) is 0 Å². The minimum atomic E-state index is -3.52. The third-order valence-electron chi connectivity index (χ3n) is 0.836. The van der Waals surface area contributed by atoms with E-state index in [9.17, 15) is 6.03 Å². The van der Waals surface area contributed by atoms with Crippen LogP contribution in [0.3, 0.4) is 0 Å². The summed E-state index contributed by atoms with van der Waals surface area (Å²) in [7, 11) is 0. The van der Waals surface area contributed by atoms with Gasteiger partial charge in [0.25, 0.3) is 0 Å². The molecule has 1 aromatic rings. The maximum absolute atomic E-state index is 10.3. The molecule has 1 rings (SSSR count). The molecular formula is C5H5ClNO2Sb. The average molecular weight is 268 g/mol. The molecule has 54 valence electrons. The molecule has 0 radical (unpaired) electrons. The fraction of sp³-hybridized carbons (Fsp3) is 0. The van der Waals surface area contributed by atoms with Gasteiger partial charge in [-0.1, -0.05) is 0 Å². The summed E-state index contributed by atoms with van der Waals surface area (Å²) in [4.78, 5) is 3.63. The number of hydrogen-bond acceptors (Lipinski definition) is 3. The zero-order valence-electron chi connectivity index (χ0n) is 4.93. The first-order chi connectivity index (χ1) is 4.30. The zero-order chi connectivity index (χ0) is 6.69. The molecular weight excluding hydrogens is 263 g/mol. The topological polar surface area (TPSA) is 47.0 Å². The van der Waals surface area contributed by atoms with Crippen LogP contribution in [0.15, 0.2) is 24.4 Å². The van der Waals surface area contributed by atoms with Crippen molar-refractivity contribution in [1.82, 2.24) is 4.98 Å². The van der Waals surface area contributed by atoms with Crippen LogP contribution in [0.1, 0.15) is 0 Å². The van der Waals surface area contributed by atoms with Gasteiger partial charge in [0.2, 0.25) is 0 Å². The van der Waals surface area contributed by atoms with Crippen molar-refractivity contribution < 1.29 is 6.03 Å². The van der Waals surface area contributed by atoms with Crippen LogP contribution in [-0.4, -0.2) is 25.2 Å². The van der Waals surface area contributed by atoms with Crippen molar-refractivity contribution in [3.8, 4) is 0 Å². The molecule has 0 bridgehead atoms. The van der Waals surface area contributed by atoms with Gasteiger partial charge in [-0.15, -0.1) is 12.4 Å². The Hall–Kier alpha value is -0.142. The number of pyridine rings is 1. The molecule has 0 N–H and O–H groups in total. The Bertz CT molecular complexity index is 252. The van der Waals surface area contributed by atoms with E-state index in [0.29, 0.717) is 0 Å². The van der Waals surface area contributed by atoms with E-state index in [-0.39, 0.29) is 16.0 Å². The molecule has 0 saturated carbocycles. The summed E-state index contributed by atoms with van der Waals surface area (Å²) >= 11 is -3.52. The van der Waals surface area contributed by atoms with Gasteiger partial charge in [-0.05, 0) is 0 Å². The first-order valence-electron chi connectivity index (χ1n) is 2.36. The van der Waals surface area contributed by atoms with Gasteiger partial charge in [0.05, 0.1) is 0 Å². The molecule has 0 saturated heterocycles. The summed E-state index contributed by atoms with van der Waals surface area (Å²) in [6, 6.07) is 4.85. The summed E-state index contributed by atoms with van der Waals surface area (Å²) in [5.74, 6) is 0. The van der Waals surface area contributed by atoms with Crippen LogP contribution < -0.4 is 3.64 Å². The summed E-state index contributed by atoms with van der Waals surface area (Å²) in [6.07, 6.45) is 1.47. The van der Waals surface area contributed by atoms with Gasteiger partial charge in [0, 0.05) is 0 Å². The molecule has 1 heterocycles. The molecule has 0 aliphatic heterocycles. The predicted octanol–water partition coefficient (Wildman–Crippen LogP) is 0.0596. The molecule has 5 heteroatoms. The van der Waals surface area contributed by atoms with Crippen LogP contribution in [-0.2, 0) is 6.03 Å². The molecule has 0 spiro atoms. The number of nitrogens with zero attached hydrogens (tertiary/aromatic N) is 1. The van der Waals surface area contributed by atoms with E-state index in [4.69, 9.17) is 0 Å². The molecule has 1 aromatic heterocycles. The summed E-state index contributed by atoms with van der Waals surface area (Å²) in [5, 5.41) is 0. The third kappa shape index (κ3) is 2.63. The van der Waals surface area contributed by atoms with Gasteiger partial charge in [-0.2, -0.15) is 0 Å². The van der Waals surface area contributed by atoms with Gasteiger partial charge in [-0.3, -0.25) is 0 Å². The number of hydrogen-bond donors (Lipinski definition) is 0. The Morgan fingerprint density at radius 3 is 2.30 bits per heavy atom. The van der Waals surface area contributed by atoms with Crippen molar-refractivity contribution in [3.63, 3.8) is 0 Å². The van der Waals surface area contributed by atoms with Crippen molar-refractivity contribution in [2.24, 2.45) is 0 Å². The van der Waals surface area contributed by atoms with E-state index in [1.54, 1.807) is 12.1 Å². The predicted molar refractivity (Wildman–Crippen MR) is 38.2 cm³/mol. The van der Waals surface area contributed by atoms with Crippen LogP contribution in [0.5, 0.6) is 0 Å². The van der Waals surface area contributed by atoms with Crippen molar-refractivity contribution in [1.29, 1.82) is 0 Å². The molecule has 0 aromatic carbocycles. The second-order valence-electron chi connectivity index (χ2n) is 1.45. The van der Waals surface area contributed by atoms with Crippen LogP contribution in [0.4, 0.5) is 0 Å². The number of aromatic nitrogens is 1. The van der Waals surface area contributed by atoms with Crippen molar-refractivity contribution in [3.05, 3.63) is 24.4 Å². The number of rotatable bonds is 1. The van der Waals surface area contributed by atoms with Gasteiger partial charge in [-0.25, -0.2) is 0 Å². The summed E-state index contributed by atoms with van der Waals surface area (Å²) < 4.78 is 20.8. The molecule has 0 aliphatic carbocycles. The molecule has 0 fully saturated rings. The Morgan fingerprint density at radius 2 is 2.00 bits per heavy atom. The number of halogens is 1. The molecule has 0 atom stereocenters. The zero-order valence-corrected chi connectivity index (χ0v) is 8.30. The quantitative estimate of drug-likeness (QED) is 0.677. The second kappa shape index (κ2) is 4.64. The van der Waals surface area contributed by atoms with Crippen LogP contribution in [0.2, 0.25) is 0 Å². The Balaban J connectivity index is 0.000000810. The van der Waals surface area contributed by atoms with E-state index in [0.717, 1.165) is 0 Å². The molecule has 0 amide bonds. The van der Waals surface area contributed by atoms with Crippen molar-refractivity contribution in [2.45, 2.75) is 0 Å². The van der Waals surface area contributed by atoms with E-state index < -0.39 is 20.2 Å². The SMILES string of the molecule is Cl.[O]=[Sb](=[O])[c]1ccccn1. The van der Waals surface area contributed by atoms with Gasteiger partial charge >= 0.3 is 59.2 Å². The summed E-state index contributed by atoms with van der Waals surface area (Å²) in [5.41, 5.74) is 0. The molecule has 0 aliphatic rings. The van der Waals surface area contributed by atoms with E-state index in [2.05, 4.69) is 4.98 Å². The van der Waals surface area contributed by atoms with Crippen molar-refractivity contribution >= 4 is 36.2 Å². The third-order valence-corrected chi connectivity index (χ3v) is 2.66. The Morgan fingerprint density at radius 1 is 1.30 bits per heavy atom. The van der Waals surface area contributed by atoms with Crippen LogP contribution in [0.25, 0.3) is 0 Å². The van der Waals surface area contributed by atoms with Gasteiger partial charge in [0.1, 0.15) is 0 Å². The van der Waals surface area contributed by atoms with Gasteiger partial charge < -0.3 is 0 Å². The first-order valence-corrected chi connectivity index (χ1v) is 5.72. The van der Waals surface area contributed by atoms with Crippen molar-refractivity contribution in [2.75, 3.05) is 0 Å². The fourth-order valence-corrected chi connectivity index (χ4v) is 1.51. The average Bonchev–Trinajstić information content (AvgIpc) is 1.90. The molecule has 3 nitrogen and oxygen atoms in total. The minimum absolute atomic E-state index is 0. The monoisotopic (exact) mass is 267 g/mol. The summed E-state index contributed by atoms with van der Waals surface area (Å²) in [6.45, 7) is 0. The molecule has 10 heavy (non-hydrogen) atoms. The Kier molecular flexibility index (Phi) is 4.57. The standard InChI is InChI=1S/C5H4N.ClH.2O.Sb/c1-2-4-6-5-3-1;;;;/h1-4H;1H;;;. The first kappa shape index (κ1) is 9.86. The van der Waals surface area contributed by atoms with E-state index in [1.807, 2.05) is 0 Å².